The summed E-state index contributed by atoms with van der Waals surface area (Å²) >= 11 is 0. The zero-order chi connectivity index (χ0) is 15.7. The Balaban J connectivity index is 0.00000192. The van der Waals surface area contributed by atoms with Gasteiger partial charge in [-0.3, -0.25) is 4.79 Å². The molecule has 0 aliphatic rings. The summed E-state index contributed by atoms with van der Waals surface area (Å²) in [6.07, 6.45) is 0. The topological polar surface area (TPSA) is 127 Å². The van der Waals surface area contributed by atoms with Crippen LogP contribution in [0.15, 0.2) is 40.8 Å². The number of hydrogen-bond donors (Lipinski definition) is 4. The fourth-order valence-corrected chi connectivity index (χ4v) is 2.11. The summed E-state index contributed by atoms with van der Waals surface area (Å²) in [6, 6.07) is 9.64. The average Bonchev–Trinajstić information content (AvgIpc) is 2.86. The summed E-state index contributed by atoms with van der Waals surface area (Å²) in [4.78, 5) is 15.9. The van der Waals surface area contributed by atoms with Crippen molar-refractivity contribution >= 4 is 58.1 Å². The van der Waals surface area contributed by atoms with Gasteiger partial charge in [0.25, 0.3) is 5.91 Å². The van der Waals surface area contributed by atoms with Crippen molar-refractivity contribution in [3.63, 3.8) is 0 Å². The number of nitrogens with one attached hydrogen (secondary N) is 1. The van der Waals surface area contributed by atoms with Crippen molar-refractivity contribution in [3.8, 4) is 5.75 Å². The van der Waals surface area contributed by atoms with E-state index in [0.717, 1.165) is 5.39 Å². The second kappa shape index (κ2) is 6.91. The molecule has 0 saturated carbocycles. The molecule has 0 atom stereocenters. The molecule has 0 aliphatic carbocycles. The van der Waals surface area contributed by atoms with Crippen LogP contribution in [-0.2, 0) is 6.54 Å². The van der Waals surface area contributed by atoms with Gasteiger partial charge in [-0.2, -0.15) is 0 Å². The second-order valence-electron chi connectivity index (χ2n) is 4.79. The van der Waals surface area contributed by atoms with Crippen LogP contribution in [0.2, 0.25) is 0 Å². The normalized spacial score (nSPS) is 10.3. The first-order valence-corrected chi connectivity index (χ1v) is 6.54. The van der Waals surface area contributed by atoms with E-state index >= 15 is 0 Å². The van der Waals surface area contributed by atoms with E-state index in [9.17, 15) is 9.90 Å². The molecule has 23 heavy (non-hydrogen) atoms. The quantitative estimate of drug-likeness (QED) is 0.538. The van der Waals surface area contributed by atoms with Crippen LogP contribution in [-0.4, -0.2) is 45.6 Å². The molecule has 0 bridgehead atoms. The molecular weight excluding hydrogens is 307 g/mol. The van der Waals surface area contributed by atoms with E-state index in [4.69, 9.17) is 15.9 Å². The number of aromatic nitrogens is 1. The fourth-order valence-electron chi connectivity index (χ4n) is 2.11. The van der Waals surface area contributed by atoms with Gasteiger partial charge in [0.05, 0.1) is 12.1 Å². The smallest absolute Gasteiger partial charge is 0.255 e. The van der Waals surface area contributed by atoms with Crippen LogP contribution in [0.25, 0.3) is 11.0 Å². The van der Waals surface area contributed by atoms with Crippen molar-refractivity contribution in [2.45, 2.75) is 6.54 Å². The standard InChI is InChI=1S/C15H14N4O3.Na/c16-13-4-3-11(14(17)19-13)15(21)18-7-10-5-8-1-2-9(20)6-12(8)22-10;/h1-6,20H,7H2,(H,18,21)(H4,16,17,19);. The number of carbonyl (C=O) groups is 1. The minimum absolute atomic E-state index is 0. The maximum atomic E-state index is 12.1. The van der Waals surface area contributed by atoms with Gasteiger partial charge in [0.1, 0.15) is 28.7 Å². The number of anilines is 2. The number of hydrogen-bond acceptors (Lipinski definition) is 6. The Morgan fingerprint density at radius 2 is 2.00 bits per heavy atom. The first kappa shape index (κ1) is 17.1. The first-order valence-electron chi connectivity index (χ1n) is 6.54. The molecule has 3 aromatic rings. The molecule has 0 aliphatic heterocycles. The Morgan fingerprint density at radius 1 is 1.22 bits per heavy atom. The molecule has 2 heterocycles. The number of fused-ring (bicyclic) bond motifs is 1. The Bertz CT molecular complexity index is 863. The molecule has 8 heteroatoms. The third-order valence-corrected chi connectivity index (χ3v) is 3.17. The fraction of sp³-hybridized carbons (Fsp3) is 0.0667. The molecule has 0 spiro atoms. The molecular formula is C15H14N4NaO3. The largest absolute Gasteiger partial charge is 0.508 e. The van der Waals surface area contributed by atoms with Crippen molar-refractivity contribution in [1.29, 1.82) is 0 Å². The third-order valence-electron chi connectivity index (χ3n) is 3.17. The first-order chi connectivity index (χ1) is 10.5. The Kier molecular flexibility index (Phi) is 5.15. The number of carbonyl (C=O) groups excluding carboxylic acids is 1. The summed E-state index contributed by atoms with van der Waals surface area (Å²) in [7, 11) is 0. The number of nitrogen functional groups attached to an aromatic ring is 2. The van der Waals surface area contributed by atoms with Crippen molar-refractivity contribution in [1.82, 2.24) is 10.3 Å². The van der Waals surface area contributed by atoms with Gasteiger partial charge in [-0.15, -0.1) is 0 Å². The molecule has 1 amide bonds. The van der Waals surface area contributed by atoms with Crippen LogP contribution in [0.4, 0.5) is 11.6 Å². The monoisotopic (exact) mass is 321 g/mol. The average molecular weight is 321 g/mol. The number of amides is 1. The van der Waals surface area contributed by atoms with Crippen LogP contribution in [0, 0.1) is 0 Å². The predicted octanol–water partition coefficient (Wildman–Crippen LogP) is 1.25. The van der Waals surface area contributed by atoms with Gasteiger partial charge < -0.3 is 26.3 Å². The number of furan rings is 1. The van der Waals surface area contributed by atoms with Crippen molar-refractivity contribution in [2.75, 3.05) is 11.5 Å². The van der Waals surface area contributed by atoms with E-state index in [1.807, 2.05) is 0 Å². The summed E-state index contributed by atoms with van der Waals surface area (Å²) in [6.45, 7) is 0.193. The molecule has 6 N–H and O–H groups in total. The number of rotatable bonds is 3. The number of phenolic OH excluding ortho intramolecular Hbond substituents is 1. The van der Waals surface area contributed by atoms with Crippen LogP contribution in [0.3, 0.4) is 0 Å². The van der Waals surface area contributed by atoms with E-state index in [-0.39, 0.29) is 65.0 Å². The minimum Gasteiger partial charge on any atom is -0.508 e. The van der Waals surface area contributed by atoms with Crippen LogP contribution < -0.4 is 16.8 Å². The van der Waals surface area contributed by atoms with Gasteiger partial charge >= 0.3 is 0 Å². The van der Waals surface area contributed by atoms with E-state index in [2.05, 4.69) is 10.3 Å². The van der Waals surface area contributed by atoms with Crippen LogP contribution in [0.5, 0.6) is 5.75 Å². The second-order valence-corrected chi connectivity index (χ2v) is 4.79. The number of benzene rings is 1. The van der Waals surface area contributed by atoms with Crippen LogP contribution in [0.1, 0.15) is 16.1 Å². The number of nitrogens with two attached hydrogens (primary N) is 2. The summed E-state index contributed by atoms with van der Waals surface area (Å²) in [5, 5.41) is 12.9. The molecule has 1 radical (unpaired) electrons. The van der Waals surface area contributed by atoms with Crippen molar-refractivity contribution in [3.05, 3.63) is 47.7 Å². The van der Waals surface area contributed by atoms with E-state index in [0.29, 0.717) is 11.3 Å². The molecule has 0 unspecified atom stereocenters. The Hall–Kier alpha value is -2.22. The minimum atomic E-state index is -0.367. The molecule has 0 fully saturated rings. The number of aromatic hydroxyl groups is 1. The van der Waals surface area contributed by atoms with E-state index in [1.54, 1.807) is 18.2 Å². The molecule has 2 aromatic heterocycles. The number of pyridine rings is 1. The van der Waals surface area contributed by atoms with Gasteiger partial charge in [0, 0.05) is 41.0 Å². The molecule has 3 rings (SSSR count). The van der Waals surface area contributed by atoms with Gasteiger partial charge in [0.15, 0.2) is 0 Å². The number of nitrogens with zero attached hydrogens (tertiary/aromatic N) is 1. The zero-order valence-electron chi connectivity index (χ0n) is 12.5. The molecule has 0 saturated heterocycles. The third kappa shape index (κ3) is 3.76. The zero-order valence-corrected chi connectivity index (χ0v) is 14.5. The van der Waals surface area contributed by atoms with Crippen LogP contribution >= 0.6 is 0 Å². The maximum absolute atomic E-state index is 12.1. The van der Waals surface area contributed by atoms with Gasteiger partial charge in [0.2, 0.25) is 0 Å². The summed E-state index contributed by atoms with van der Waals surface area (Å²) in [5.41, 5.74) is 12.0. The molecule has 1 aromatic carbocycles. The molecule has 113 valence electrons. The summed E-state index contributed by atoms with van der Waals surface area (Å²) < 4.78 is 5.54. The Morgan fingerprint density at radius 3 is 2.74 bits per heavy atom. The predicted molar refractivity (Wildman–Crippen MR) is 87.9 cm³/mol. The van der Waals surface area contributed by atoms with Crippen molar-refractivity contribution < 1.29 is 14.3 Å². The van der Waals surface area contributed by atoms with E-state index in [1.165, 1.54) is 18.2 Å². The maximum Gasteiger partial charge on any atom is 0.255 e. The van der Waals surface area contributed by atoms with Gasteiger partial charge in [-0.05, 0) is 30.3 Å². The van der Waals surface area contributed by atoms with Gasteiger partial charge in [-0.1, -0.05) is 0 Å². The number of phenols is 1. The van der Waals surface area contributed by atoms with Gasteiger partial charge in [-0.25, -0.2) is 4.98 Å². The summed E-state index contributed by atoms with van der Waals surface area (Å²) in [5.74, 6) is 0.653. The van der Waals surface area contributed by atoms with Crippen molar-refractivity contribution in [2.24, 2.45) is 0 Å². The molecule has 7 nitrogen and oxygen atoms in total. The van der Waals surface area contributed by atoms with E-state index < -0.39 is 0 Å². The Labute approximate surface area is 154 Å². The SMILES string of the molecule is Nc1ccc(C(=O)NCc2cc3ccc(O)cc3o2)c(N)n1.[Na].